The van der Waals surface area contributed by atoms with Crippen molar-refractivity contribution in [2.45, 2.75) is 20.8 Å². The number of amides is 3. The summed E-state index contributed by atoms with van der Waals surface area (Å²) in [5.74, 6) is -0.679. The van der Waals surface area contributed by atoms with Gasteiger partial charge < -0.3 is 10.1 Å². The molecule has 3 aromatic rings. The molecule has 1 aliphatic rings. The number of aryl methyl sites for hydroxylation is 3. The Kier molecular flexibility index (Phi) is 5.07. The number of carbonyl (C=O) groups excluding carboxylic acids is 3. The summed E-state index contributed by atoms with van der Waals surface area (Å²) in [6, 6.07) is 15.5. The van der Waals surface area contributed by atoms with E-state index in [-0.39, 0.29) is 17.0 Å². The number of benzene rings is 3. The molecule has 6 heteroatoms. The second-order valence-corrected chi connectivity index (χ2v) is 7.61. The van der Waals surface area contributed by atoms with Crippen LogP contribution in [0.2, 0.25) is 0 Å². The van der Waals surface area contributed by atoms with Crippen LogP contribution in [-0.4, -0.2) is 24.8 Å². The van der Waals surface area contributed by atoms with E-state index in [1.807, 2.05) is 32.9 Å². The highest BCUT2D eigenvalue weighted by Crippen LogP contribution is 2.34. The average molecular weight is 414 g/mol. The Balaban J connectivity index is 1.68. The Labute approximate surface area is 180 Å². The lowest BCUT2D eigenvalue weighted by molar-refractivity contribution is 0.0925. The van der Waals surface area contributed by atoms with Crippen molar-refractivity contribution < 1.29 is 19.1 Å². The number of methoxy groups -OCH3 is 1. The number of fused-ring (bicyclic) bond motifs is 1. The molecule has 1 aliphatic heterocycles. The highest BCUT2D eigenvalue weighted by Gasteiger charge is 2.38. The zero-order chi connectivity index (χ0) is 22.3. The lowest BCUT2D eigenvalue weighted by Crippen LogP contribution is -2.30. The molecule has 0 aliphatic carbocycles. The molecule has 6 nitrogen and oxygen atoms in total. The minimum Gasteiger partial charge on any atom is -0.495 e. The van der Waals surface area contributed by atoms with Gasteiger partial charge >= 0.3 is 0 Å². The molecule has 1 heterocycles. The van der Waals surface area contributed by atoms with Gasteiger partial charge in [0.2, 0.25) is 0 Å². The molecule has 4 rings (SSSR count). The van der Waals surface area contributed by atoms with Crippen LogP contribution in [0.5, 0.6) is 5.75 Å². The van der Waals surface area contributed by atoms with Crippen LogP contribution in [0.4, 0.5) is 11.4 Å². The first-order valence-corrected chi connectivity index (χ1v) is 9.87. The fourth-order valence-corrected chi connectivity index (χ4v) is 4.05. The zero-order valence-electron chi connectivity index (χ0n) is 17.8. The molecule has 0 saturated carbocycles. The Morgan fingerprint density at radius 3 is 2.19 bits per heavy atom. The third-order valence-electron chi connectivity index (χ3n) is 5.36. The van der Waals surface area contributed by atoms with Gasteiger partial charge in [-0.25, -0.2) is 4.90 Å². The SMILES string of the molecule is COc1ccccc1NC(=O)c1ccc2c(c1)C(=O)N(c1c(C)cc(C)cc1C)C2=O. The van der Waals surface area contributed by atoms with Crippen LogP contribution >= 0.6 is 0 Å². The van der Waals surface area contributed by atoms with Gasteiger partial charge in [-0.05, 0) is 62.2 Å². The molecular weight excluding hydrogens is 392 g/mol. The van der Waals surface area contributed by atoms with Gasteiger partial charge in [0.1, 0.15) is 5.75 Å². The molecule has 31 heavy (non-hydrogen) atoms. The number of hydrogen-bond donors (Lipinski definition) is 1. The first-order chi connectivity index (χ1) is 14.8. The maximum Gasteiger partial charge on any atom is 0.266 e. The normalized spacial score (nSPS) is 12.7. The van der Waals surface area contributed by atoms with E-state index in [0.29, 0.717) is 22.7 Å². The van der Waals surface area contributed by atoms with E-state index < -0.39 is 11.8 Å². The van der Waals surface area contributed by atoms with Crippen LogP contribution in [-0.2, 0) is 0 Å². The maximum absolute atomic E-state index is 13.2. The van der Waals surface area contributed by atoms with E-state index in [2.05, 4.69) is 5.32 Å². The predicted octanol–water partition coefficient (Wildman–Crippen LogP) is 4.67. The third kappa shape index (κ3) is 3.46. The summed E-state index contributed by atoms with van der Waals surface area (Å²) in [5, 5.41) is 2.79. The van der Waals surface area contributed by atoms with Gasteiger partial charge in [-0.2, -0.15) is 0 Å². The van der Waals surface area contributed by atoms with Crippen molar-refractivity contribution in [3.8, 4) is 5.75 Å². The van der Waals surface area contributed by atoms with E-state index >= 15 is 0 Å². The molecule has 3 amide bonds. The number of hydrogen-bond acceptors (Lipinski definition) is 4. The second kappa shape index (κ2) is 7.72. The predicted molar refractivity (Wildman–Crippen MR) is 119 cm³/mol. The maximum atomic E-state index is 13.2. The van der Waals surface area contributed by atoms with E-state index in [1.54, 1.807) is 30.3 Å². The smallest absolute Gasteiger partial charge is 0.266 e. The molecule has 0 fully saturated rings. The van der Waals surface area contributed by atoms with Crippen LogP contribution in [0.15, 0.2) is 54.6 Å². The second-order valence-electron chi connectivity index (χ2n) is 7.61. The molecular formula is C25H22N2O4. The van der Waals surface area contributed by atoms with Crippen molar-refractivity contribution in [2.75, 3.05) is 17.3 Å². The lowest BCUT2D eigenvalue weighted by atomic mass is 10.0. The van der Waals surface area contributed by atoms with Crippen molar-refractivity contribution in [1.29, 1.82) is 0 Å². The lowest BCUT2D eigenvalue weighted by Gasteiger charge is -2.20. The van der Waals surface area contributed by atoms with Crippen LogP contribution in [0.3, 0.4) is 0 Å². The van der Waals surface area contributed by atoms with E-state index in [9.17, 15) is 14.4 Å². The quantitative estimate of drug-likeness (QED) is 0.630. The van der Waals surface area contributed by atoms with Crippen LogP contribution in [0.25, 0.3) is 0 Å². The largest absolute Gasteiger partial charge is 0.495 e. The first kappa shape index (κ1) is 20.3. The van der Waals surface area contributed by atoms with Gasteiger partial charge in [0.25, 0.3) is 17.7 Å². The van der Waals surface area contributed by atoms with Gasteiger partial charge in [0.15, 0.2) is 0 Å². The average Bonchev–Trinajstić information content (AvgIpc) is 2.98. The fourth-order valence-electron chi connectivity index (χ4n) is 4.05. The number of imide groups is 1. The number of nitrogens with one attached hydrogen (secondary N) is 1. The van der Waals surface area contributed by atoms with Crippen molar-refractivity contribution in [1.82, 2.24) is 0 Å². The Hall–Kier alpha value is -3.93. The monoisotopic (exact) mass is 414 g/mol. The van der Waals surface area contributed by atoms with Gasteiger partial charge in [0.05, 0.1) is 29.6 Å². The number of ether oxygens (including phenoxy) is 1. The summed E-state index contributed by atoms with van der Waals surface area (Å²) in [4.78, 5) is 40.2. The number of nitrogens with zero attached hydrogens (tertiary/aromatic N) is 1. The molecule has 0 unspecified atom stereocenters. The molecule has 156 valence electrons. The molecule has 0 atom stereocenters. The van der Waals surface area contributed by atoms with Crippen molar-refractivity contribution in [2.24, 2.45) is 0 Å². The highest BCUT2D eigenvalue weighted by molar-refractivity contribution is 6.35. The summed E-state index contributed by atoms with van der Waals surface area (Å²) in [6.45, 7) is 5.73. The topological polar surface area (TPSA) is 75.7 Å². The van der Waals surface area contributed by atoms with Gasteiger partial charge in [-0.1, -0.05) is 29.8 Å². The molecule has 1 N–H and O–H groups in total. The number of carbonyl (C=O) groups is 3. The van der Waals surface area contributed by atoms with Gasteiger partial charge in [0, 0.05) is 5.56 Å². The molecule has 0 bridgehead atoms. The third-order valence-corrected chi connectivity index (χ3v) is 5.36. The first-order valence-electron chi connectivity index (χ1n) is 9.87. The number of rotatable bonds is 4. The van der Waals surface area contributed by atoms with Crippen molar-refractivity contribution in [3.05, 3.63) is 88.0 Å². The number of anilines is 2. The van der Waals surface area contributed by atoms with Crippen molar-refractivity contribution >= 4 is 29.1 Å². The highest BCUT2D eigenvalue weighted by atomic mass is 16.5. The van der Waals surface area contributed by atoms with E-state index in [4.69, 9.17) is 4.74 Å². The van der Waals surface area contributed by atoms with E-state index in [1.165, 1.54) is 24.1 Å². The summed E-state index contributed by atoms with van der Waals surface area (Å²) in [7, 11) is 1.52. The molecule has 0 spiro atoms. The van der Waals surface area contributed by atoms with Crippen LogP contribution in [0.1, 0.15) is 47.8 Å². The molecule has 0 aromatic heterocycles. The van der Waals surface area contributed by atoms with Gasteiger partial charge in [-0.3, -0.25) is 14.4 Å². The summed E-state index contributed by atoms with van der Waals surface area (Å²) in [5.41, 5.74) is 4.66. The van der Waals surface area contributed by atoms with Crippen molar-refractivity contribution in [3.63, 3.8) is 0 Å². The Bertz CT molecular complexity index is 1220. The minimum absolute atomic E-state index is 0.219. The van der Waals surface area contributed by atoms with Crippen LogP contribution < -0.4 is 15.0 Å². The van der Waals surface area contributed by atoms with Crippen LogP contribution in [0, 0.1) is 20.8 Å². The zero-order valence-corrected chi connectivity index (χ0v) is 17.8. The molecule has 0 radical (unpaired) electrons. The van der Waals surface area contributed by atoms with Gasteiger partial charge in [-0.15, -0.1) is 0 Å². The summed E-state index contributed by atoms with van der Waals surface area (Å²) >= 11 is 0. The molecule has 0 saturated heterocycles. The number of para-hydroxylation sites is 2. The fraction of sp³-hybridized carbons (Fsp3) is 0.160. The standard InChI is InChI=1S/C25H22N2O4/c1-14-11-15(2)22(16(3)12-14)27-24(29)18-10-9-17(13-19(18)25(27)30)23(28)26-20-7-5-6-8-21(20)31-4/h5-13H,1-4H3,(H,26,28). The Morgan fingerprint density at radius 1 is 0.871 bits per heavy atom. The summed E-state index contributed by atoms with van der Waals surface area (Å²) in [6.07, 6.45) is 0. The summed E-state index contributed by atoms with van der Waals surface area (Å²) < 4.78 is 5.26. The molecule has 3 aromatic carbocycles. The minimum atomic E-state index is -0.429. The Morgan fingerprint density at radius 2 is 1.52 bits per heavy atom. The van der Waals surface area contributed by atoms with E-state index in [0.717, 1.165) is 16.7 Å².